The molecule has 2 aromatic carbocycles. The van der Waals surface area contributed by atoms with Gasteiger partial charge in [0.1, 0.15) is 0 Å². The lowest BCUT2D eigenvalue weighted by molar-refractivity contribution is -0.0734. The minimum Gasteiger partial charge on any atom is -0.370 e. The van der Waals surface area contributed by atoms with Crippen LogP contribution >= 0.6 is 0 Å². The number of nitrogens with zero attached hydrogens (tertiary/aromatic N) is 1. The molecule has 6 heteroatoms. The Morgan fingerprint density at radius 1 is 1.00 bits per heavy atom. The van der Waals surface area contributed by atoms with E-state index in [4.69, 9.17) is 4.74 Å². The highest BCUT2D eigenvalue weighted by Gasteiger charge is 2.42. The quantitative estimate of drug-likeness (QED) is 0.734. The largest absolute Gasteiger partial charge is 0.370 e. The van der Waals surface area contributed by atoms with Crippen LogP contribution in [0.15, 0.2) is 71.6 Å². The number of likely N-dealkylation sites (tertiary alicyclic amines) is 1. The van der Waals surface area contributed by atoms with Crippen molar-refractivity contribution in [2.45, 2.75) is 42.3 Å². The molecule has 160 valence electrons. The minimum absolute atomic E-state index is 0.0481. The summed E-state index contributed by atoms with van der Waals surface area (Å²) in [4.78, 5) is 2.76. The van der Waals surface area contributed by atoms with E-state index < -0.39 is 10.0 Å². The van der Waals surface area contributed by atoms with Gasteiger partial charge in [-0.1, -0.05) is 60.7 Å². The second kappa shape index (κ2) is 9.43. The van der Waals surface area contributed by atoms with Gasteiger partial charge in [-0.15, -0.1) is 0 Å². The molecule has 2 fully saturated rings. The average Bonchev–Trinajstić information content (AvgIpc) is 3.18. The minimum atomic E-state index is -3.48. The molecule has 2 saturated heterocycles. The van der Waals surface area contributed by atoms with Crippen LogP contribution in [-0.2, 0) is 14.8 Å². The second-order valence-corrected chi connectivity index (χ2v) is 10.0. The van der Waals surface area contributed by atoms with E-state index in [0.717, 1.165) is 45.3 Å². The third kappa shape index (κ3) is 5.38. The number of piperidine rings is 1. The molecule has 5 nitrogen and oxygen atoms in total. The van der Waals surface area contributed by atoms with Crippen LogP contribution in [-0.4, -0.2) is 51.2 Å². The summed E-state index contributed by atoms with van der Waals surface area (Å²) in [6.07, 6.45) is 8.29. The molecule has 0 unspecified atom stereocenters. The number of hydrogen-bond donors (Lipinski definition) is 1. The van der Waals surface area contributed by atoms with E-state index in [1.165, 1.54) is 5.56 Å². The Hall–Kier alpha value is -1.99. The SMILES string of the molecule is O=S(=O)(NC[C@H]1CCC2(CCN(C/C=C/c3ccccc3)CC2)O1)c1ccccc1. The van der Waals surface area contributed by atoms with Crippen LogP contribution < -0.4 is 4.72 Å². The standard InChI is InChI=1S/C24H30N2O3S/c27-30(28,23-11-5-2-6-12-23)25-20-22-13-14-24(29-22)15-18-26(19-16-24)17-7-10-21-8-3-1-4-9-21/h1-12,22,25H,13-20H2/b10-7+/t22-/m1/s1. The van der Waals surface area contributed by atoms with Crippen LogP contribution in [0.3, 0.4) is 0 Å². The number of nitrogens with one attached hydrogen (secondary N) is 1. The average molecular weight is 427 g/mol. The van der Waals surface area contributed by atoms with Gasteiger partial charge < -0.3 is 4.74 Å². The van der Waals surface area contributed by atoms with Crippen LogP contribution in [0, 0.1) is 0 Å². The van der Waals surface area contributed by atoms with Crippen molar-refractivity contribution in [1.82, 2.24) is 9.62 Å². The van der Waals surface area contributed by atoms with E-state index in [-0.39, 0.29) is 11.7 Å². The Labute approximate surface area is 179 Å². The maximum Gasteiger partial charge on any atom is 0.240 e. The molecule has 0 saturated carbocycles. The lowest BCUT2D eigenvalue weighted by atomic mass is 9.88. The molecular formula is C24H30N2O3S. The van der Waals surface area contributed by atoms with Gasteiger partial charge in [-0.25, -0.2) is 13.1 Å². The highest BCUT2D eigenvalue weighted by Crippen LogP contribution is 2.38. The summed E-state index contributed by atoms with van der Waals surface area (Å²) in [5.41, 5.74) is 1.15. The van der Waals surface area contributed by atoms with Crippen molar-refractivity contribution in [3.8, 4) is 0 Å². The Balaban J connectivity index is 1.22. The number of sulfonamides is 1. The van der Waals surface area contributed by atoms with Crippen molar-refractivity contribution in [2.24, 2.45) is 0 Å². The molecule has 2 aliphatic heterocycles. The third-order valence-electron chi connectivity index (χ3n) is 6.13. The molecule has 0 aliphatic carbocycles. The van der Waals surface area contributed by atoms with Gasteiger partial charge in [0, 0.05) is 26.2 Å². The van der Waals surface area contributed by atoms with Crippen LogP contribution in [0.1, 0.15) is 31.2 Å². The Bertz CT molecular complexity index is 937. The van der Waals surface area contributed by atoms with Crippen LogP contribution in [0.4, 0.5) is 0 Å². The van der Waals surface area contributed by atoms with E-state index in [2.05, 4.69) is 46.0 Å². The number of rotatable bonds is 7. The Kier molecular flexibility index (Phi) is 6.68. The first-order valence-corrected chi connectivity index (χ1v) is 12.2. The van der Waals surface area contributed by atoms with E-state index in [0.29, 0.717) is 11.4 Å². The monoisotopic (exact) mass is 426 g/mol. The van der Waals surface area contributed by atoms with Crippen molar-refractivity contribution in [3.05, 3.63) is 72.3 Å². The lowest BCUT2D eigenvalue weighted by Gasteiger charge is -2.38. The number of hydrogen-bond acceptors (Lipinski definition) is 4. The second-order valence-electron chi connectivity index (χ2n) is 8.24. The highest BCUT2D eigenvalue weighted by molar-refractivity contribution is 7.89. The van der Waals surface area contributed by atoms with Crippen LogP contribution in [0.25, 0.3) is 6.08 Å². The van der Waals surface area contributed by atoms with Gasteiger partial charge in [-0.3, -0.25) is 4.90 Å². The fourth-order valence-corrected chi connectivity index (χ4v) is 5.43. The molecule has 30 heavy (non-hydrogen) atoms. The first kappa shape index (κ1) is 21.2. The first-order chi connectivity index (χ1) is 14.5. The molecular weight excluding hydrogens is 396 g/mol. The lowest BCUT2D eigenvalue weighted by Crippen LogP contribution is -2.45. The summed E-state index contributed by atoms with van der Waals surface area (Å²) in [5, 5.41) is 0. The summed E-state index contributed by atoms with van der Waals surface area (Å²) >= 11 is 0. The van der Waals surface area contributed by atoms with Gasteiger partial charge in [0.25, 0.3) is 0 Å². The summed E-state index contributed by atoms with van der Waals surface area (Å²) in [7, 11) is -3.48. The van der Waals surface area contributed by atoms with Gasteiger partial charge in [0.15, 0.2) is 0 Å². The van der Waals surface area contributed by atoms with Crippen molar-refractivity contribution >= 4 is 16.1 Å². The zero-order valence-corrected chi connectivity index (χ0v) is 18.1. The molecule has 0 bridgehead atoms. The van der Waals surface area contributed by atoms with Crippen molar-refractivity contribution in [1.29, 1.82) is 0 Å². The van der Waals surface area contributed by atoms with Crippen molar-refractivity contribution < 1.29 is 13.2 Å². The van der Waals surface area contributed by atoms with Crippen molar-refractivity contribution in [3.63, 3.8) is 0 Å². The van der Waals surface area contributed by atoms with Gasteiger partial charge in [0.05, 0.1) is 16.6 Å². The summed E-state index contributed by atoms with van der Waals surface area (Å²) < 4.78 is 33.9. The molecule has 1 spiro atoms. The number of ether oxygens (including phenoxy) is 1. The smallest absolute Gasteiger partial charge is 0.240 e. The molecule has 0 amide bonds. The van der Waals surface area contributed by atoms with Crippen LogP contribution in [0.2, 0.25) is 0 Å². The van der Waals surface area contributed by atoms with Crippen molar-refractivity contribution in [2.75, 3.05) is 26.2 Å². The summed E-state index contributed by atoms with van der Waals surface area (Å²) in [5.74, 6) is 0. The first-order valence-electron chi connectivity index (χ1n) is 10.7. The molecule has 1 N–H and O–H groups in total. The zero-order chi connectivity index (χ0) is 20.9. The molecule has 1 atom stereocenters. The zero-order valence-electron chi connectivity index (χ0n) is 17.2. The Morgan fingerprint density at radius 2 is 1.67 bits per heavy atom. The molecule has 0 radical (unpaired) electrons. The summed E-state index contributed by atoms with van der Waals surface area (Å²) in [6.45, 7) is 3.32. The predicted molar refractivity (Wildman–Crippen MR) is 120 cm³/mol. The molecule has 4 rings (SSSR count). The molecule has 2 heterocycles. The highest BCUT2D eigenvalue weighted by atomic mass is 32.2. The maximum atomic E-state index is 12.4. The topological polar surface area (TPSA) is 58.6 Å². The maximum absolute atomic E-state index is 12.4. The van der Waals surface area contributed by atoms with E-state index in [1.54, 1.807) is 24.3 Å². The van der Waals surface area contributed by atoms with Crippen LogP contribution in [0.5, 0.6) is 0 Å². The van der Waals surface area contributed by atoms with Gasteiger partial charge in [-0.05, 0) is 43.4 Å². The van der Waals surface area contributed by atoms with E-state index >= 15 is 0 Å². The van der Waals surface area contributed by atoms with Gasteiger partial charge in [0.2, 0.25) is 10.0 Å². The molecule has 0 aromatic heterocycles. The van der Waals surface area contributed by atoms with E-state index in [1.807, 2.05) is 12.1 Å². The van der Waals surface area contributed by atoms with E-state index in [9.17, 15) is 8.42 Å². The Morgan fingerprint density at radius 3 is 2.37 bits per heavy atom. The summed E-state index contributed by atoms with van der Waals surface area (Å²) in [6, 6.07) is 18.9. The fourth-order valence-electron chi connectivity index (χ4n) is 4.34. The van der Waals surface area contributed by atoms with Gasteiger partial charge >= 0.3 is 0 Å². The molecule has 2 aliphatic rings. The fraction of sp³-hybridized carbons (Fsp3) is 0.417. The van der Waals surface area contributed by atoms with Gasteiger partial charge in [-0.2, -0.15) is 0 Å². The predicted octanol–water partition coefficient (Wildman–Crippen LogP) is 3.69. The normalized spacial score (nSPS) is 22.1. The number of benzene rings is 2. The third-order valence-corrected chi connectivity index (χ3v) is 7.57. The molecule has 2 aromatic rings.